The van der Waals surface area contributed by atoms with Gasteiger partial charge in [0.2, 0.25) is 0 Å². The van der Waals surface area contributed by atoms with E-state index in [1.807, 2.05) is 35.8 Å². The maximum Gasteiger partial charge on any atom is 0.323 e. The van der Waals surface area contributed by atoms with Crippen LogP contribution in [0.1, 0.15) is 31.1 Å². The highest BCUT2D eigenvalue weighted by molar-refractivity contribution is 7.13. The first kappa shape index (κ1) is 24.8. The summed E-state index contributed by atoms with van der Waals surface area (Å²) in [5.41, 5.74) is 3.04. The van der Waals surface area contributed by atoms with Gasteiger partial charge in [-0.15, -0.1) is 11.3 Å². The third-order valence-electron chi connectivity index (χ3n) is 6.56. The van der Waals surface area contributed by atoms with E-state index in [1.165, 1.54) is 0 Å². The van der Waals surface area contributed by atoms with Crippen LogP contribution in [0.5, 0.6) is 0 Å². The Morgan fingerprint density at radius 2 is 2.00 bits per heavy atom. The summed E-state index contributed by atoms with van der Waals surface area (Å²) < 4.78 is 1.69. The third-order valence-corrected chi connectivity index (χ3v) is 7.45. The van der Waals surface area contributed by atoms with E-state index in [-0.39, 0.29) is 18.0 Å². The van der Waals surface area contributed by atoms with Crippen LogP contribution in [0.2, 0.25) is 0 Å². The summed E-state index contributed by atoms with van der Waals surface area (Å²) in [6, 6.07) is 11.1. The molecule has 0 bridgehead atoms. The summed E-state index contributed by atoms with van der Waals surface area (Å²) in [4.78, 5) is 40.0. The van der Waals surface area contributed by atoms with Crippen molar-refractivity contribution in [3.8, 4) is 22.0 Å². The molecular formula is C26H30N8O2S. The number of aromatic nitrogens is 4. The van der Waals surface area contributed by atoms with Gasteiger partial charge in [0, 0.05) is 43.5 Å². The van der Waals surface area contributed by atoms with Crippen molar-refractivity contribution in [2.24, 2.45) is 0 Å². The maximum atomic E-state index is 13.2. The van der Waals surface area contributed by atoms with Gasteiger partial charge in [-0.25, -0.2) is 19.3 Å². The van der Waals surface area contributed by atoms with Crippen LogP contribution in [-0.2, 0) is 0 Å². The molecule has 0 spiro atoms. The van der Waals surface area contributed by atoms with Crippen molar-refractivity contribution in [1.29, 1.82) is 0 Å². The number of hydrogen-bond donors (Lipinski definition) is 2. The normalized spacial score (nSPS) is 14.4. The Morgan fingerprint density at radius 1 is 1.16 bits per heavy atom. The lowest BCUT2D eigenvalue weighted by Gasteiger charge is -2.26. The fraction of sp³-hybridized carbons (Fsp3) is 0.346. The number of fused-ring (bicyclic) bond motifs is 1. The van der Waals surface area contributed by atoms with Gasteiger partial charge in [0.1, 0.15) is 11.5 Å². The Balaban J connectivity index is 1.48. The maximum absolute atomic E-state index is 13.2. The summed E-state index contributed by atoms with van der Waals surface area (Å²) in [5, 5.41) is 12.5. The average Bonchev–Trinajstić information content (AvgIpc) is 3.68. The van der Waals surface area contributed by atoms with E-state index in [0.29, 0.717) is 48.1 Å². The van der Waals surface area contributed by atoms with E-state index >= 15 is 0 Å². The van der Waals surface area contributed by atoms with Gasteiger partial charge in [0.15, 0.2) is 5.65 Å². The third kappa shape index (κ3) is 5.18. The molecule has 11 heteroatoms. The van der Waals surface area contributed by atoms with Crippen LogP contribution in [0.25, 0.3) is 27.6 Å². The minimum Gasteiger partial charge on any atom is -0.350 e. The molecule has 37 heavy (non-hydrogen) atoms. The summed E-state index contributed by atoms with van der Waals surface area (Å²) in [5.74, 6) is 0.198. The van der Waals surface area contributed by atoms with Crippen LogP contribution in [0.15, 0.2) is 48.0 Å². The molecule has 0 aromatic carbocycles. The zero-order valence-electron chi connectivity index (χ0n) is 21.1. The van der Waals surface area contributed by atoms with Gasteiger partial charge < -0.3 is 10.6 Å². The first-order valence-electron chi connectivity index (χ1n) is 12.5. The van der Waals surface area contributed by atoms with Crippen LogP contribution in [0.4, 0.5) is 10.6 Å². The molecule has 5 heterocycles. The van der Waals surface area contributed by atoms with E-state index in [1.54, 1.807) is 32.9 Å². The zero-order valence-corrected chi connectivity index (χ0v) is 22.0. The van der Waals surface area contributed by atoms with E-state index in [0.717, 1.165) is 23.7 Å². The van der Waals surface area contributed by atoms with Crippen molar-refractivity contribution < 1.29 is 9.59 Å². The van der Waals surface area contributed by atoms with Crippen LogP contribution in [0, 0.1) is 0 Å². The molecule has 10 nitrogen and oxygen atoms in total. The molecule has 4 aromatic heterocycles. The molecule has 192 valence electrons. The molecule has 1 aliphatic heterocycles. The Kier molecular flexibility index (Phi) is 7.15. The molecule has 3 amide bonds. The first-order valence-corrected chi connectivity index (χ1v) is 13.3. The van der Waals surface area contributed by atoms with E-state index in [2.05, 4.69) is 41.4 Å². The number of anilines is 1. The Hall–Kier alpha value is -3.83. The first-order chi connectivity index (χ1) is 18.0. The summed E-state index contributed by atoms with van der Waals surface area (Å²) in [7, 11) is 0. The summed E-state index contributed by atoms with van der Waals surface area (Å²) in [6.07, 6.45) is 1.86. The largest absolute Gasteiger partial charge is 0.350 e. The molecule has 1 saturated heterocycles. The van der Waals surface area contributed by atoms with Gasteiger partial charge >= 0.3 is 6.03 Å². The van der Waals surface area contributed by atoms with Gasteiger partial charge in [0.05, 0.1) is 16.3 Å². The van der Waals surface area contributed by atoms with Gasteiger partial charge in [0.25, 0.3) is 5.91 Å². The lowest BCUT2D eigenvalue weighted by Crippen LogP contribution is -2.42. The minimum absolute atomic E-state index is 0.200. The number of pyridine rings is 1. The highest BCUT2D eigenvalue weighted by Crippen LogP contribution is 2.26. The highest BCUT2D eigenvalue weighted by atomic mass is 32.1. The van der Waals surface area contributed by atoms with Crippen LogP contribution in [-0.4, -0.2) is 75.2 Å². The lowest BCUT2D eigenvalue weighted by atomic mass is 10.1. The molecule has 0 aliphatic carbocycles. The fourth-order valence-electron chi connectivity index (χ4n) is 4.49. The molecule has 5 rings (SSSR count). The Bertz CT molecular complexity index is 1410. The molecule has 1 fully saturated rings. The second-order valence-electron chi connectivity index (χ2n) is 8.89. The van der Waals surface area contributed by atoms with Crippen molar-refractivity contribution in [1.82, 2.24) is 35.1 Å². The van der Waals surface area contributed by atoms with Gasteiger partial charge in [-0.2, -0.15) is 5.10 Å². The SMILES string of the molecule is CCN(CC)[C@@H](C)CNC(=O)c1cc(-c2cc3nc(-c4cccs4)ccn3n2)nc(N2CCNC2=O)c1. The van der Waals surface area contributed by atoms with Crippen LogP contribution in [0.3, 0.4) is 0 Å². The lowest BCUT2D eigenvalue weighted by molar-refractivity contribution is 0.0938. The quantitative estimate of drug-likeness (QED) is 0.351. The predicted octanol–water partition coefficient (Wildman–Crippen LogP) is 3.51. The molecule has 2 N–H and O–H groups in total. The Labute approximate surface area is 219 Å². The predicted molar refractivity (Wildman–Crippen MR) is 145 cm³/mol. The number of hydrogen-bond acceptors (Lipinski definition) is 7. The van der Waals surface area contributed by atoms with Gasteiger partial charge in [-0.3, -0.25) is 14.6 Å². The zero-order chi connectivity index (χ0) is 25.9. The number of nitrogens with zero attached hydrogens (tertiary/aromatic N) is 6. The number of nitrogens with one attached hydrogen (secondary N) is 2. The van der Waals surface area contributed by atoms with Gasteiger partial charge in [-0.1, -0.05) is 19.9 Å². The summed E-state index contributed by atoms with van der Waals surface area (Å²) >= 11 is 1.62. The van der Waals surface area contributed by atoms with Crippen molar-refractivity contribution in [3.63, 3.8) is 0 Å². The van der Waals surface area contributed by atoms with Crippen molar-refractivity contribution in [2.45, 2.75) is 26.8 Å². The number of carbonyl (C=O) groups is 2. The highest BCUT2D eigenvalue weighted by Gasteiger charge is 2.25. The number of amides is 3. The molecule has 1 atom stereocenters. The number of urea groups is 1. The van der Waals surface area contributed by atoms with E-state index < -0.39 is 0 Å². The van der Waals surface area contributed by atoms with Gasteiger partial charge in [-0.05, 0) is 49.7 Å². The number of likely N-dealkylation sites (N-methyl/N-ethyl adjacent to an activating group) is 1. The second-order valence-corrected chi connectivity index (χ2v) is 9.83. The average molecular weight is 519 g/mol. The molecule has 1 aliphatic rings. The standard InChI is InChI=1S/C26H30N8O2S/c1-4-32(5-2)17(3)16-28-25(35)18-13-20(30-23(14-18)33-11-9-27-26(33)36)21-15-24-29-19(8-10-34(24)31-21)22-7-6-12-37-22/h6-8,10,12-15,17H,4-5,9,11,16H2,1-3H3,(H,27,36)(H,28,35)/t17-/m0/s1. The molecule has 4 aromatic rings. The smallest absolute Gasteiger partial charge is 0.323 e. The van der Waals surface area contributed by atoms with E-state index in [4.69, 9.17) is 9.97 Å². The number of rotatable bonds is 9. The molecule has 0 saturated carbocycles. The van der Waals surface area contributed by atoms with Crippen molar-refractivity contribution >= 4 is 34.7 Å². The molecular weight excluding hydrogens is 488 g/mol. The van der Waals surface area contributed by atoms with Crippen molar-refractivity contribution in [3.05, 3.63) is 53.5 Å². The molecule has 0 unspecified atom stereocenters. The summed E-state index contributed by atoms with van der Waals surface area (Å²) in [6.45, 7) is 9.66. The minimum atomic E-state index is -0.233. The molecule has 0 radical (unpaired) electrons. The Morgan fingerprint density at radius 3 is 2.70 bits per heavy atom. The van der Waals surface area contributed by atoms with Crippen LogP contribution >= 0.6 is 11.3 Å². The van der Waals surface area contributed by atoms with E-state index in [9.17, 15) is 9.59 Å². The number of carbonyl (C=O) groups excluding carboxylic acids is 2. The van der Waals surface area contributed by atoms with Crippen molar-refractivity contribution in [2.75, 3.05) is 37.6 Å². The fourth-order valence-corrected chi connectivity index (χ4v) is 5.19. The topological polar surface area (TPSA) is 108 Å². The van der Waals surface area contributed by atoms with Crippen LogP contribution < -0.4 is 15.5 Å². The monoisotopic (exact) mass is 518 g/mol. The number of thiophene rings is 1. The second kappa shape index (κ2) is 10.7.